The summed E-state index contributed by atoms with van der Waals surface area (Å²) in [7, 11) is 1.73. The summed E-state index contributed by atoms with van der Waals surface area (Å²) in [5.41, 5.74) is 4.04. The van der Waals surface area contributed by atoms with Gasteiger partial charge in [0.1, 0.15) is 0 Å². The molecule has 0 amide bonds. The summed E-state index contributed by atoms with van der Waals surface area (Å²) in [4.78, 5) is 0. The normalized spacial score (nSPS) is 12.2. The Kier molecular flexibility index (Phi) is 7.46. The fraction of sp³-hybridized carbons (Fsp3) is 0.529. The molecule has 0 atom stereocenters. The second-order valence-corrected chi connectivity index (χ2v) is 5.50. The fourth-order valence-electron chi connectivity index (χ4n) is 2.02. The molecule has 1 N–H and O–H groups in total. The smallest absolute Gasteiger partial charge is 0.0587 e. The van der Waals surface area contributed by atoms with Gasteiger partial charge in [0.2, 0.25) is 0 Å². The summed E-state index contributed by atoms with van der Waals surface area (Å²) >= 11 is 0. The molecule has 0 unspecified atom stereocenters. The first-order chi connectivity index (χ1) is 9.11. The lowest BCUT2D eigenvalue weighted by atomic mass is 10.0. The van der Waals surface area contributed by atoms with E-state index in [-0.39, 0.29) is 0 Å². The minimum atomic E-state index is 0.716. The van der Waals surface area contributed by atoms with Gasteiger partial charge in [0, 0.05) is 20.2 Å². The van der Waals surface area contributed by atoms with Crippen LogP contribution in [0.4, 0.5) is 0 Å². The lowest BCUT2D eigenvalue weighted by Crippen LogP contribution is -2.20. The Hall–Kier alpha value is -1.12. The molecule has 1 aromatic carbocycles. The Morgan fingerprint density at radius 2 is 1.95 bits per heavy atom. The highest BCUT2D eigenvalue weighted by Crippen LogP contribution is 2.12. The Balaban J connectivity index is 2.46. The third kappa shape index (κ3) is 7.14. The van der Waals surface area contributed by atoms with E-state index in [9.17, 15) is 0 Å². The molecular weight excluding hydrogens is 234 g/mol. The Morgan fingerprint density at radius 3 is 2.53 bits per heavy atom. The lowest BCUT2D eigenvalue weighted by Gasteiger charge is -2.06. The quantitative estimate of drug-likeness (QED) is 0.723. The summed E-state index contributed by atoms with van der Waals surface area (Å²) in [6.45, 7) is 9.23. The molecule has 0 aliphatic carbocycles. The van der Waals surface area contributed by atoms with Gasteiger partial charge in [-0.3, -0.25) is 0 Å². The van der Waals surface area contributed by atoms with E-state index in [0.717, 1.165) is 26.1 Å². The molecule has 1 rings (SSSR count). The predicted molar refractivity (Wildman–Crippen MR) is 83.4 cm³/mol. The highest BCUT2D eigenvalue weighted by molar-refractivity contribution is 5.53. The first-order valence-corrected chi connectivity index (χ1v) is 7.07. The van der Waals surface area contributed by atoms with Crippen LogP contribution in [0, 0.1) is 5.92 Å². The van der Waals surface area contributed by atoms with Crippen molar-refractivity contribution in [2.24, 2.45) is 5.92 Å². The fourth-order valence-corrected chi connectivity index (χ4v) is 2.02. The molecule has 0 aliphatic rings. The van der Waals surface area contributed by atoms with E-state index in [4.69, 9.17) is 4.74 Å². The molecule has 0 spiro atoms. The van der Waals surface area contributed by atoms with Gasteiger partial charge >= 0.3 is 0 Å². The van der Waals surface area contributed by atoms with Gasteiger partial charge in [0.15, 0.2) is 0 Å². The van der Waals surface area contributed by atoms with Gasteiger partial charge in [0.05, 0.1) is 6.61 Å². The van der Waals surface area contributed by atoms with Crippen molar-refractivity contribution in [3.05, 3.63) is 41.0 Å². The molecule has 0 aromatic heterocycles. The van der Waals surface area contributed by atoms with E-state index in [1.54, 1.807) is 7.11 Å². The monoisotopic (exact) mass is 261 g/mol. The molecule has 0 heterocycles. The number of nitrogens with one attached hydrogen (secondary N) is 1. The van der Waals surface area contributed by atoms with Crippen LogP contribution in [0.2, 0.25) is 0 Å². The van der Waals surface area contributed by atoms with Crippen LogP contribution in [0.5, 0.6) is 0 Å². The maximum atomic E-state index is 5.00. The molecule has 0 radical (unpaired) electrons. The minimum Gasteiger partial charge on any atom is -0.383 e. The van der Waals surface area contributed by atoms with Gasteiger partial charge in [-0.2, -0.15) is 0 Å². The second kappa shape index (κ2) is 8.89. The highest BCUT2D eigenvalue weighted by atomic mass is 16.5. The number of ether oxygens (including phenoxy) is 1. The number of hydrogen-bond acceptors (Lipinski definition) is 2. The highest BCUT2D eigenvalue weighted by Gasteiger charge is 1.97. The third-order valence-electron chi connectivity index (χ3n) is 2.92. The molecule has 19 heavy (non-hydrogen) atoms. The molecule has 0 saturated carbocycles. The summed E-state index contributed by atoms with van der Waals surface area (Å²) < 4.78 is 5.00. The van der Waals surface area contributed by atoms with E-state index in [1.807, 2.05) is 0 Å². The van der Waals surface area contributed by atoms with Crippen LogP contribution in [0.25, 0.3) is 6.08 Å². The minimum absolute atomic E-state index is 0.716. The third-order valence-corrected chi connectivity index (χ3v) is 2.92. The van der Waals surface area contributed by atoms with Crippen molar-refractivity contribution in [3.63, 3.8) is 0 Å². The van der Waals surface area contributed by atoms with E-state index in [0.29, 0.717) is 5.92 Å². The zero-order chi connectivity index (χ0) is 14.1. The van der Waals surface area contributed by atoms with Gasteiger partial charge in [-0.1, -0.05) is 49.8 Å². The van der Waals surface area contributed by atoms with E-state index < -0.39 is 0 Å². The molecule has 106 valence electrons. The van der Waals surface area contributed by atoms with E-state index in [2.05, 4.69) is 56.4 Å². The average molecular weight is 261 g/mol. The van der Waals surface area contributed by atoms with Crippen molar-refractivity contribution in [2.75, 3.05) is 26.8 Å². The topological polar surface area (TPSA) is 21.3 Å². The maximum Gasteiger partial charge on any atom is 0.0587 e. The van der Waals surface area contributed by atoms with Gasteiger partial charge in [-0.05, 0) is 30.4 Å². The summed E-state index contributed by atoms with van der Waals surface area (Å²) in [6, 6.07) is 8.88. The average Bonchev–Trinajstić information content (AvgIpc) is 2.36. The molecule has 0 saturated heterocycles. The van der Waals surface area contributed by atoms with Crippen molar-refractivity contribution in [1.29, 1.82) is 0 Å². The van der Waals surface area contributed by atoms with Gasteiger partial charge in [-0.25, -0.2) is 0 Å². The standard InChI is InChI=1S/C17H27NO/c1-14(2)11-16-5-7-17(8-6-16)12-15(3)13-18-9-10-19-4/h5-8,12,14,18H,9-11,13H2,1-4H3. The van der Waals surface area contributed by atoms with E-state index in [1.165, 1.54) is 16.7 Å². The SMILES string of the molecule is COCCNCC(C)=Cc1ccc(CC(C)C)cc1. The first-order valence-electron chi connectivity index (χ1n) is 7.07. The van der Waals surface area contributed by atoms with E-state index >= 15 is 0 Å². The van der Waals surface area contributed by atoms with Crippen molar-refractivity contribution in [3.8, 4) is 0 Å². The van der Waals surface area contributed by atoms with Crippen LogP contribution < -0.4 is 5.32 Å². The van der Waals surface area contributed by atoms with Crippen LogP contribution in [0.1, 0.15) is 31.9 Å². The number of rotatable bonds is 8. The molecule has 0 aliphatic heterocycles. The van der Waals surface area contributed by atoms with Crippen LogP contribution in [-0.4, -0.2) is 26.8 Å². The van der Waals surface area contributed by atoms with Crippen molar-refractivity contribution in [1.82, 2.24) is 5.32 Å². The van der Waals surface area contributed by atoms with Crippen LogP contribution >= 0.6 is 0 Å². The Bertz CT molecular complexity index is 379. The van der Waals surface area contributed by atoms with Crippen molar-refractivity contribution >= 4 is 6.08 Å². The number of benzene rings is 1. The van der Waals surface area contributed by atoms with Gasteiger partial charge < -0.3 is 10.1 Å². The van der Waals surface area contributed by atoms with Crippen LogP contribution in [-0.2, 0) is 11.2 Å². The van der Waals surface area contributed by atoms with Crippen molar-refractivity contribution < 1.29 is 4.74 Å². The lowest BCUT2D eigenvalue weighted by molar-refractivity contribution is 0.200. The molecule has 2 heteroatoms. The van der Waals surface area contributed by atoms with Gasteiger partial charge in [-0.15, -0.1) is 0 Å². The molecule has 0 bridgehead atoms. The Labute approximate surface area is 117 Å². The molecular formula is C17H27NO. The predicted octanol–water partition coefficient (Wildman–Crippen LogP) is 3.52. The Morgan fingerprint density at radius 1 is 1.26 bits per heavy atom. The number of hydrogen-bond donors (Lipinski definition) is 1. The maximum absolute atomic E-state index is 5.00. The molecule has 2 nitrogen and oxygen atoms in total. The zero-order valence-electron chi connectivity index (χ0n) is 12.7. The zero-order valence-corrected chi connectivity index (χ0v) is 12.7. The second-order valence-electron chi connectivity index (χ2n) is 5.50. The molecule has 1 aromatic rings. The summed E-state index contributed by atoms with van der Waals surface area (Å²) in [5.74, 6) is 0.716. The summed E-state index contributed by atoms with van der Waals surface area (Å²) in [6.07, 6.45) is 3.39. The number of methoxy groups -OCH3 is 1. The van der Waals surface area contributed by atoms with Crippen LogP contribution in [0.15, 0.2) is 29.8 Å². The van der Waals surface area contributed by atoms with Crippen LogP contribution in [0.3, 0.4) is 0 Å². The first kappa shape index (κ1) is 15.9. The summed E-state index contributed by atoms with van der Waals surface area (Å²) in [5, 5.41) is 3.35. The molecule has 0 fully saturated rings. The van der Waals surface area contributed by atoms with Crippen molar-refractivity contribution in [2.45, 2.75) is 27.2 Å². The largest absolute Gasteiger partial charge is 0.383 e. The van der Waals surface area contributed by atoms with Gasteiger partial charge in [0.25, 0.3) is 0 Å².